The minimum atomic E-state index is -3.26. The van der Waals surface area contributed by atoms with Gasteiger partial charge in [-0.2, -0.15) is 0 Å². The van der Waals surface area contributed by atoms with E-state index in [1.165, 1.54) is 17.8 Å². The standard InChI is InChI=1S/C11H19NO2S2/c1-3-4-5-6-9-12-16(13,14)11-8-7-10(2)15-11/h7-8,12H,3-6,9H2,1-2H3. The van der Waals surface area contributed by atoms with Gasteiger partial charge in [-0.25, -0.2) is 13.1 Å². The molecule has 0 aromatic carbocycles. The van der Waals surface area contributed by atoms with Gasteiger partial charge < -0.3 is 0 Å². The Morgan fingerprint density at radius 3 is 2.56 bits per heavy atom. The third kappa shape index (κ3) is 4.23. The van der Waals surface area contributed by atoms with Gasteiger partial charge in [0.15, 0.2) is 0 Å². The zero-order valence-corrected chi connectivity index (χ0v) is 11.5. The molecule has 1 aromatic heterocycles. The summed E-state index contributed by atoms with van der Waals surface area (Å²) in [7, 11) is -3.26. The lowest BCUT2D eigenvalue weighted by Gasteiger charge is -2.03. The van der Waals surface area contributed by atoms with Crippen molar-refractivity contribution in [2.45, 2.75) is 43.7 Å². The van der Waals surface area contributed by atoms with Crippen LogP contribution in [0.25, 0.3) is 0 Å². The Balaban J connectivity index is 2.41. The lowest BCUT2D eigenvalue weighted by Crippen LogP contribution is -2.23. The molecule has 0 bridgehead atoms. The third-order valence-electron chi connectivity index (χ3n) is 2.30. The molecule has 0 aliphatic rings. The number of rotatable bonds is 7. The minimum absolute atomic E-state index is 0.417. The molecule has 16 heavy (non-hydrogen) atoms. The first kappa shape index (κ1) is 13.7. The first-order valence-corrected chi connectivity index (χ1v) is 7.92. The van der Waals surface area contributed by atoms with E-state index in [0.717, 1.165) is 24.1 Å². The van der Waals surface area contributed by atoms with Gasteiger partial charge in [-0.3, -0.25) is 0 Å². The molecule has 1 aromatic rings. The van der Waals surface area contributed by atoms with Crippen molar-refractivity contribution in [1.29, 1.82) is 0 Å². The molecule has 1 rings (SSSR count). The molecular formula is C11H19NO2S2. The highest BCUT2D eigenvalue weighted by molar-refractivity contribution is 7.91. The Morgan fingerprint density at radius 1 is 1.25 bits per heavy atom. The normalized spacial score (nSPS) is 11.9. The molecule has 0 amide bonds. The van der Waals surface area contributed by atoms with Gasteiger partial charge in [-0.1, -0.05) is 26.2 Å². The van der Waals surface area contributed by atoms with Crippen LogP contribution in [0, 0.1) is 6.92 Å². The summed E-state index contributed by atoms with van der Waals surface area (Å²) in [5.74, 6) is 0. The Morgan fingerprint density at radius 2 is 2.00 bits per heavy atom. The molecule has 92 valence electrons. The molecular weight excluding hydrogens is 242 g/mol. The van der Waals surface area contributed by atoms with Gasteiger partial charge in [0, 0.05) is 11.4 Å². The second kappa shape index (κ2) is 6.37. The number of hydrogen-bond donors (Lipinski definition) is 1. The molecule has 0 fully saturated rings. The number of unbranched alkanes of at least 4 members (excludes halogenated alkanes) is 3. The first-order chi connectivity index (χ1) is 7.56. The van der Waals surface area contributed by atoms with E-state index in [-0.39, 0.29) is 0 Å². The molecule has 5 heteroatoms. The van der Waals surface area contributed by atoms with Crippen molar-refractivity contribution in [2.24, 2.45) is 0 Å². The maximum Gasteiger partial charge on any atom is 0.250 e. The third-order valence-corrected chi connectivity index (χ3v) is 5.26. The Kier molecular flexibility index (Phi) is 5.44. The number of hydrogen-bond acceptors (Lipinski definition) is 3. The maximum atomic E-state index is 11.8. The molecule has 0 radical (unpaired) electrons. The minimum Gasteiger partial charge on any atom is -0.210 e. The molecule has 0 saturated carbocycles. The van der Waals surface area contributed by atoms with Gasteiger partial charge in [0.1, 0.15) is 4.21 Å². The van der Waals surface area contributed by atoms with Crippen molar-refractivity contribution in [1.82, 2.24) is 4.72 Å². The molecule has 1 N–H and O–H groups in total. The fraction of sp³-hybridized carbons (Fsp3) is 0.636. The van der Waals surface area contributed by atoms with Crippen molar-refractivity contribution in [3.63, 3.8) is 0 Å². The van der Waals surface area contributed by atoms with E-state index >= 15 is 0 Å². The topological polar surface area (TPSA) is 46.2 Å². The van der Waals surface area contributed by atoms with Crippen LogP contribution in [0.5, 0.6) is 0 Å². The van der Waals surface area contributed by atoms with Crippen molar-refractivity contribution in [3.8, 4) is 0 Å². The van der Waals surface area contributed by atoms with Crippen LogP contribution in [0.1, 0.15) is 37.5 Å². The van der Waals surface area contributed by atoms with Crippen molar-refractivity contribution in [2.75, 3.05) is 6.54 Å². The smallest absolute Gasteiger partial charge is 0.210 e. The molecule has 0 saturated heterocycles. The number of aryl methyl sites for hydroxylation is 1. The van der Waals surface area contributed by atoms with Crippen LogP contribution in [0.4, 0.5) is 0 Å². The highest BCUT2D eigenvalue weighted by atomic mass is 32.2. The van der Waals surface area contributed by atoms with Crippen LogP contribution < -0.4 is 4.72 Å². The van der Waals surface area contributed by atoms with Crippen LogP contribution in [0.15, 0.2) is 16.3 Å². The molecule has 0 aliphatic heterocycles. The van der Waals surface area contributed by atoms with E-state index in [1.807, 2.05) is 13.0 Å². The van der Waals surface area contributed by atoms with E-state index in [1.54, 1.807) is 6.07 Å². The monoisotopic (exact) mass is 261 g/mol. The fourth-order valence-corrected chi connectivity index (χ4v) is 3.79. The van der Waals surface area contributed by atoms with Gasteiger partial charge in [0.25, 0.3) is 0 Å². The summed E-state index contributed by atoms with van der Waals surface area (Å²) in [5.41, 5.74) is 0. The van der Waals surface area contributed by atoms with Gasteiger partial charge in [0.05, 0.1) is 0 Å². The van der Waals surface area contributed by atoms with Crippen molar-refractivity contribution >= 4 is 21.4 Å². The van der Waals surface area contributed by atoms with E-state index in [2.05, 4.69) is 11.6 Å². The summed E-state index contributed by atoms with van der Waals surface area (Å²) >= 11 is 1.31. The van der Waals surface area contributed by atoms with Crippen molar-refractivity contribution < 1.29 is 8.42 Å². The van der Waals surface area contributed by atoms with E-state index in [4.69, 9.17) is 0 Å². The van der Waals surface area contributed by atoms with E-state index < -0.39 is 10.0 Å². The summed E-state index contributed by atoms with van der Waals surface area (Å²) in [5, 5.41) is 0. The second-order valence-electron chi connectivity index (χ2n) is 3.82. The molecule has 3 nitrogen and oxygen atoms in total. The summed E-state index contributed by atoms with van der Waals surface area (Å²) in [6, 6.07) is 3.49. The number of thiophene rings is 1. The average Bonchev–Trinajstić information content (AvgIpc) is 2.65. The fourth-order valence-electron chi connectivity index (χ4n) is 1.39. The van der Waals surface area contributed by atoms with Crippen LogP contribution in [-0.4, -0.2) is 15.0 Å². The lowest BCUT2D eigenvalue weighted by molar-refractivity contribution is 0.575. The van der Waals surface area contributed by atoms with Crippen LogP contribution in [0.2, 0.25) is 0 Å². The Bertz CT molecular complexity index is 409. The summed E-state index contributed by atoms with van der Waals surface area (Å²) in [4.78, 5) is 1.02. The van der Waals surface area contributed by atoms with Crippen LogP contribution in [-0.2, 0) is 10.0 Å². The summed E-state index contributed by atoms with van der Waals surface area (Å²) < 4.78 is 26.6. The van der Waals surface area contributed by atoms with Crippen molar-refractivity contribution in [3.05, 3.63) is 17.0 Å². The number of nitrogens with one attached hydrogen (secondary N) is 1. The quantitative estimate of drug-likeness (QED) is 0.767. The molecule has 0 spiro atoms. The van der Waals surface area contributed by atoms with E-state index in [9.17, 15) is 8.42 Å². The number of sulfonamides is 1. The van der Waals surface area contributed by atoms with Crippen LogP contribution in [0.3, 0.4) is 0 Å². The summed E-state index contributed by atoms with van der Waals surface area (Å²) in [6.07, 6.45) is 4.33. The van der Waals surface area contributed by atoms with Gasteiger partial charge in [-0.15, -0.1) is 11.3 Å². The molecule has 1 heterocycles. The first-order valence-electron chi connectivity index (χ1n) is 5.62. The van der Waals surface area contributed by atoms with Gasteiger partial charge in [-0.05, 0) is 25.5 Å². The largest absolute Gasteiger partial charge is 0.250 e. The summed E-state index contributed by atoms with van der Waals surface area (Å²) in [6.45, 7) is 4.59. The van der Waals surface area contributed by atoms with Gasteiger partial charge >= 0.3 is 0 Å². The van der Waals surface area contributed by atoms with Crippen LogP contribution >= 0.6 is 11.3 Å². The zero-order valence-electron chi connectivity index (χ0n) is 9.82. The molecule has 0 atom stereocenters. The highest BCUT2D eigenvalue weighted by Crippen LogP contribution is 2.20. The SMILES string of the molecule is CCCCCCNS(=O)(=O)c1ccc(C)s1. The van der Waals surface area contributed by atoms with Gasteiger partial charge in [0.2, 0.25) is 10.0 Å². The molecule has 0 aliphatic carbocycles. The lowest BCUT2D eigenvalue weighted by atomic mass is 10.2. The highest BCUT2D eigenvalue weighted by Gasteiger charge is 2.14. The van der Waals surface area contributed by atoms with E-state index in [0.29, 0.717) is 10.8 Å². The Labute approximate surface area is 102 Å². The maximum absolute atomic E-state index is 11.8. The molecule has 0 unspecified atom stereocenters. The predicted octanol–water partition coefficient (Wildman–Crippen LogP) is 2.92. The second-order valence-corrected chi connectivity index (χ2v) is 7.11. The average molecular weight is 261 g/mol. The predicted molar refractivity (Wildman–Crippen MR) is 68.4 cm³/mol. The Hall–Kier alpha value is -0.390. The zero-order chi connectivity index (χ0) is 12.0.